The third-order valence-corrected chi connectivity index (χ3v) is 2.65. The third kappa shape index (κ3) is 2.79. The van der Waals surface area contributed by atoms with Crippen molar-refractivity contribution >= 4 is 0 Å². The molecule has 2 heterocycles. The van der Waals surface area contributed by atoms with Crippen molar-refractivity contribution in [2.24, 2.45) is 0 Å². The molecule has 1 saturated heterocycles. The van der Waals surface area contributed by atoms with Gasteiger partial charge in [-0.2, -0.15) is 0 Å². The van der Waals surface area contributed by atoms with Crippen molar-refractivity contribution in [1.82, 2.24) is 10.1 Å². The van der Waals surface area contributed by atoms with Crippen molar-refractivity contribution in [3.63, 3.8) is 0 Å². The highest BCUT2D eigenvalue weighted by Gasteiger charge is 2.14. The molecule has 0 saturated carbocycles. The lowest BCUT2D eigenvalue weighted by molar-refractivity contribution is 0.0305. The van der Waals surface area contributed by atoms with Gasteiger partial charge in [-0.25, -0.2) is 0 Å². The van der Waals surface area contributed by atoms with Crippen LogP contribution in [-0.4, -0.2) is 36.4 Å². The van der Waals surface area contributed by atoms with Crippen LogP contribution in [0.1, 0.15) is 31.2 Å². The Kier molecular flexibility index (Phi) is 3.38. The Balaban J connectivity index is 1.91. The average Bonchev–Trinajstić information content (AvgIpc) is 2.68. The van der Waals surface area contributed by atoms with Crippen molar-refractivity contribution in [2.75, 3.05) is 26.3 Å². The summed E-state index contributed by atoms with van der Waals surface area (Å²) >= 11 is 0. The molecule has 0 aromatic carbocycles. The van der Waals surface area contributed by atoms with E-state index >= 15 is 0 Å². The molecule has 84 valence electrons. The summed E-state index contributed by atoms with van der Waals surface area (Å²) in [4.78, 5) is 2.33. The highest BCUT2D eigenvalue weighted by atomic mass is 16.5. The molecule has 0 radical (unpaired) electrons. The minimum absolute atomic E-state index is 0.437. The normalized spacial score (nSPS) is 18.6. The van der Waals surface area contributed by atoms with Crippen molar-refractivity contribution < 1.29 is 9.26 Å². The number of ether oxygens (including phenoxy) is 1. The zero-order valence-corrected chi connectivity index (χ0v) is 9.40. The molecule has 1 aromatic rings. The summed E-state index contributed by atoms with van der Waals surface area (Å²) in [5, 5.41) is 4.05. The van der Waals surface area contributed by atoms with Crippen LogP contribution in [0.2, 0.25) is 0 Å². The smallest absolute Gasteiger partial charge is 0.150 e. The van der Waals surface area contributed by atoms with Gasteiger partial charge in [0.25, 0.3) is 0 Å². The zero-order valence-electron chi connectivity index (χ0n) is 9.40. The fourth-order valence-electron chi connectivity index (χ4n) is 1.66. The first-order chi connectivity index (χ1) is 7.25. The minimum atomic E-state index is 0.437. The second-order valence-corrected chi connectivity index (χ2v) is 4.26. The number of morpholine rings is 1. The van der Waals surface area contributed by atoms with Gasteiger partial charge in [0.15, 0.2) is 5.76 Å². The van der Waals surface area contributed by atoms with E-state index in [1.807, 2.05) is 0 Å². The molecule has 1 aromatic heterocycles. The topological polar surface area (TPSA) is 38.5 Å². The lowest BCUT2D eigenvalue weighted by Crippen LogP contribution is -2.35. The molecule has 1 aliphatic heterocycles. The first-order valence-electron chi connectivity index (χ1n) is 5.51. The van der Waals surface area contributed by atoms with E-state index in [1.54, 1.807) is 0 Å². The van der Waals surface area contributed by atoms with Crippen molar-refractivity contribution in [3.05, 3.63) is 17.5 Å². The van der Waals surface area contributed by atoms with E-state index in [9.17, 15) is 0 Å². The highest BCUT2D eigenvalue weighted by molar-refractivity contribution is 5.08. The molecule has 4 heteroatoms. The molecule has 0 unspecified atom stereocenters. The van der Waals surface area contributed by atoms with E-state index in [-0.39, 0.29) is 0 Å². The van der Waals surface area contributed by atoms with Gasteiger partial charge in [0, 0.05) is 19.2 Å². The van der Waals surface area contributed by atoms with E-state index in [1.165, 1.54) is 0 Å². The SMILES string of the molecule is CC(C)c1cc(CN2CCOCC2)on1. The van der Waals surface area contributed by atoms with Crippen LogP contribution in [0.4, 0.5) is 0 Å². The van der Waals surface area contributed by atoms with Gasteiger partial charge in [-0.1, -0.05) is 19.0 Å². The van der Waals surface area contributed by atoms with E-state index in [2.05, 4.69) is 30.0 Å². The van der Waals surface area contributed by atoms with Gasteiger partial charge in [0.2, 0.25) is 0 Å². The van der Waals surface area contributed by atoms with Gasteiger partial charge in [0.05, 0.1) is 25.5 Å². The quantitative estimate of drug-likeness (QED) is 0.760. The number of hydrogen-bond acceptors (Lipinski definition) is 4. The lowest BCUT2D eigenvalue weighted by atomic mass is 10.1. The zero-order chi connectivity index (χ0) is 10.7. The Hall–Kier alpha value is -0.870. The molecule has 15 heavy (non-hydrogen) atoms. The Morgan fingerprint density at radius 3 is 2.73 bits per heavy atom. The third-order valence-electron chi connectivity index (χ3n) is 2.65. The fraction of sp³-hybridized carbons (Fsp3) is 0.727. The van der Waals surface area contributed by atoms with E-state index in [4.69, 9.17) is 9.26 Å². The van der Waals surface area contributed by atoms with Crippen LogP contribution < -0.4 is 0 Å². The van der Waals surface area contributed by atoms with E-state index in [0.29, 0.717) is 5.92 Å². The predicted molar refractivity (Wildman–Crippen MR) is 56.7 cm³/mol. The molecular formula is C11H18N2O2. The van der Waals surface area contributed by atoms with Crippen molar-refractivity contribution in [3.8, 4) is 0 Å². The first-order valence-corrected chi connectivity index (χ1v) is 5.51. The highest BCUT2D eigenvalue weighted by Crippen LogP contribution is 2.15. The summed E-state index contributed by atoms with van der Waals surface area (Å²) in [5.41, 5.74) is 1.04. The monoisotopic (exact) mass is 210 g/mol. The molecule has 1 fully saturated rings. The Morgan fingerprint density at radius 1 is 1.40 bits per heavy atom. The average molecular weight is 210 g/mol. The maximum Gasteiger partial charge on any atom is 0.150 e. The second-order valence-electron chi connectivity index (χ2n) is 4.26. The molecule has 2 rings (SSSR count). The number of aromatic nitrogens is 1. The van der Waals surface area contributed by atoms with Gasteiger partial charge in [0.1, 0.15) is 0 Å². The largest absolute Gasteiger partial charge is 0.379 e. The van der Waals surface area contributed by atoms with Crippen LogP contribution in [-0.2, 0) is 11.3 Å². The predicted octanol–water partition coefficient (Wildman–Crippen LogP) is 1.63. The molecule has 0 spiro atoms. The number of hydrogen-bond donors (Lipinski definition) is 0. The van der Waals surface area contributed by atoms with Crippen LogP contribution >= 0.6 is 0 Å². The summed E-state index contributed by atoms with van der Waals surface area (Å²) < 4.78 is 10.6. The lowest BCUT2D eigenvalue weighted by Gasteiger charge is -2.25. The summed E-state index contributed by atoms with van der Waals surface area (Å²) in [6.45, 7) is 8.71. The second kappa shape index (κ2) is 4.77. The van der Waals surface area contributed by atoms with Crippen LogP contribution in [0.5, 0.6) is 0 Å². The number of nitrogens with zero attached hydrogens (tertiary/aromatic N) is 2. The van der Waals surface area contributed by atoms with Crippen molar-refractivity contribution in [1.29, 1.82) is 0 Å². The van der Waals surface area contributed by atoms with Crippen LogP contribution in [0, 0.1) is 0 Å². The van der Waals surface area contributed by atoms with Gasteiger partial charge in [-0.05, 0) is 5.92 Å². The van der Waals surface area contributed by atoms with Crippen LogP contribution in [0.15, 0.2) is 10.6 Å². The van der Waals surface area contributed by atoms with Crippen molar-refractivity contribution in [2.45, 2.75) is 26.3 Å². The maximum absolute atomic E-state index is 5.30. The van der Waals surface area contributed by atoms with Gasteiger partial charge in [-0.3, -0.25) is 4.90 Å². The molecule has 4 nitrogen and oxygen atoms in total. The van der Waals surface area contributed by atoms with E-state index in [0.717, 1.165) is 44.3 Å². The molecule has 0 aliphatic carbocycles. The Morgan fingerprint density at radius 2 is 2.13 bits per heavy atom. The molecule has 0 bridgehead atoms. The van der Waals surface area contributed by atoms with Gasteiger partial charge < -0.3 is 9.26 Å². The molecular weight excluding hydrogens is 192 g/mol. The maximum atomic E-state index is 5.30. The summed E-state index contributed by atoms with van der Waals surface area (Å²) in [6, 6.07) is 2.06. The first kappa shape index (κ1) is 10.6. The molecule has 0 N–H and O–H groups in total. The summed E-state index contributed by atoms with van der Waals surface area (Å²) in [7, 11) is 0. The molecule has 1 aliphatic rings. The van der Waals surface area contributed by atoms with Crippen LogP contribution in [0.3, 0.4) is 0 Å². The van der Waals surface area contributed by atoms with Crippen LogP contribution in [0.25, 0.3) is 0 Å². The Labute approximate surface area is 90.2 Å². The molecule has 0 atom stereocenters. The number of rotatable bonds is 3. The van der Waals surface area contributed by atoms with E-state index < -0.39 is 0 Å². The summed E-state index contributed by atoms with van der Waals surface area (Å²) in [5.74, 6) is 1.40. The Bertz CT molecular complexity index is 303. The standard InChI is InChI=1S/C11H18N2O2/c1-9(2)11-7-10(15-12-11)8-13-3-5-14-6-4-13/h7,9H,3-6,8H2,1-2H3. The fourth-order valence-corrected chi connectivity index (χ4v) is 1.66. The molecule has 0 amide bonds. The van der Waals surface area contributed by atoms with Gasteiger partial charge >= 0.3 is 0 Å². The minimum Gasteiger partial charge on any atom is -0.379 e. The summed E-state index contributed by atoms with van der Waals surface area (Å²) in [6.07, 6.45) is 0. The van der Waals surface area contributed by atoms with Gasteiger partial charge in [-0.15, -0.1) is 0 Å².